The summed E-state index contributed by atoms with van der Waals surface area (Å²) in [4.78, 5) is 8.11. The molecule has 0 amide bonds. The first-order valence-electron chi connectivity index (χ1n) is 9.63. The van der Waals surface area contributed by atoms with Crippen molar-refractivity contribution in [2.75, 3.05) is 29.6 Å². The minimum Gasteiger partial charge on any atom is -0.371 e. The van der Waals surface area contributed by atoms with Crippen molar-refractivity contribution < 1.29 is 0 Å². The van der Waals surface area contributed by atoms with Crippen molar-refractivity contribution in [3.05, 3.63) is 59.8 Å². The first-order chi connectivity index (χ1) is 14.1. The van der Waals surface area contributed by atoms with E-state index in [0.29, 0.717) is 11.2 Å². The summed E-state index contributed by atoms with van der Waals surface area (Å²) < 4.78 is 0. The molecule has 150 valence electrons. The van der Waals surface area contributed by atoms with Gasteiger partial charge < -0.3 is 15.5 Å². The average molecular weight is 443 g/mol. The van der Waals surface area contributed by atoms with Crippen LogP contribution in [0.2, 0.25) is 5.02 Å². The van der Waals surface area contributed by atoms with Gasteiger partial charge in [-0.1, -0.05) is 11.6 Å². The van der Waals surface area contributed by atoms with Gasteiger partial charge in [-0.15, -0.1) is 11.8 Å². The van der Waals surface area contributed by atoms with Crippen LogP contribution < -0.4 is 15.5 Å². The largest absolute Gasteiger partial charge is 0.371 e. The van der Waals surface area contributed by atoms with Crippen molar-refractivity contribution in [2.45, 2.75) is 23.8 Å². The van der Waals surface area contributed by atoms with E-state index in [1.54, 1.807) is 11.8 Å². The number of fused-ring (bicyclic) bond motifs is 1. The molecule has 1 aliphatic rings. The van der Waals surface area contributed by atoms with Crippen molar-refractivity contribution in [3.8, 4) is 0 Å². The van der Waals surface area contributed by atoms with E-state index >= 15 is 0 Å². The van der Waals surface area contributed by atoms with E-state index in [2.05, 4.69) is 57.1 Å². The van der Waals surface area contributed by atoms with Gasteiger partial charge in [0.15, 0.2) is 5.11 Å². The van der Waals surface area contributed by atoms with E-state index in [1.807, 2.05) is 24.4 Å². The fourth-order valence-electron chi connectivity index (χ4n) is 3.67. The Morgan fingerprint density at radius 3 is 2.62 bits per heavy atom. The Labute approximate surface area is 186 Å². The molecule has 2 N–H and O–H groups in total. The number of rotatable bonds is 4. The minimum absolute atomic E-state index is 0.369. The third kappa shape index (κ3) is 4.94. The number of thiocarbonyl (C=S) groups is 1. The number of pyridine rings is 1. The van der Waals surface area contributed by atoms with Gasteiger partial charge in [0.05, 0.1) is 5.52 Å². The van der Waals surface area contributed by atoms with Crippen LogP contribution in [-0.4, -0.2) is 35.5 Å². The summed E-state index contributed by atoms with van der Waals surface area (Å²) in [5.41, 5.74) is 3.19. The molecule has 4 rings (SSSR count). The van der Waals surface area contributed by atoms with Crippen molar-refractivity contribution in [3.63, 3.8) is 0 Å². The second kappa shape index (κ2) is 9.20. The van der Waals surface area contributed by atoms with E-state index in [4.69, 9.17) is 23.8 Å². The monoisotopic (exact) mass is 442 g/mol. The van der Waals surface area contributed by atoms with Gasteiger partial charge in [-0.3, -0.25) is 4.98 Å². The number of benzene rings is 2. The van der Waals surface area contributed by atoms with Gasteiger partial charge in [-0.05, 0) is 79.8 Å². The van der Waals surface area contributed by atoms with Crippen molar-refractivity contribution in [1.82, 2.24) is 10.3 Å². The molecule has 0 atom stereocenters. The quantitative estimate of drug-likeness (QED) is 0.407. The lowest BCUT2D eigenvalue weighted by atomic mass is 10.0. The van der Waals surface area contributed by atoms with Crippen LogP contribution >= 0.6 is 35.6 Å². The molecule has 1 aliphatic heterocycles. The fraction of sp³-hybridized carbons (Fsp3) is 0.273. The Morgan fingerprint density at radius 2 is 1.90 bits per heavy atom. The maximum atomic E-state index is 6.21. The van der Waals surface area contributed by atoms with Crippen LogP contribution in [0, 0.1) is 0 Å². The standard InChI is InChI=1S/C22H23ClN4S2/c1-29-18-5-3-16(4-6-18)25-22(28)26-17-9-12-27(13-10-17)21-8-11-24-20-7-2-15(23)14-19(20)21/h2-8,11,14,17H,9-10,12-13H2,1H3,(H2,25,26,28). The van der Waals surface area contributed by atoms with Gasteiger partial charge in [0, 0.05) is 52.0 Å². The van der Waals surface area contributed by atoms with Gasteiger partial charge in [-0.25, -0.2) is 0 Å². The zero-order valence-electron chi connectivity index (χ0n) is 16.2. The maximum Gasteiger partial charge on any atom is 0.170 e. The van der Waals surface area contributed by atoms with E-state index < -0.39 is 0 Å². The maximum absolute atomic E-state index is 6.21. The lowest BCUT2D eigenvalue weighted by molar-refractivity contribution is 0.468. The molecule has 1 aromatic heterocycles. The lowest BCUT2D eigenvalue weighted by Gasteiger charge is -2.35. The summed E-state index contributed by atoms with van der Waals surface area (Å²) in [7, 11) is 0. The van der Waals surface area contributed by atoms with Crippen LogP contribution in [0.3, 0.4) is 0 Å². The molecule has 3 aromatic rings. The van der Waals surface area contributed by atoms with Crippen LogP contribution in [-0.2, 0) is 0 Å². The molecule has 4 nitrogen and oxygen atoms in total. The summed E-state index contributed by atoms with van der Waals surface area (Å²) in [6.45, 7) is 1.93. The van der Waals surface area contributed by atoms with E-state index in [9.17, 15) is 0 Å². The summed E-state index contributed by atoms with van der Waals surface area (Å²) in [5.74, 6) is 0. The van der Waals surface area contributed by atoms with E-state index in [1.165, 1.54) is 10.6 Å². The highest BCUT2D eigenvalue weighted by Gasteiger charge is 2.21. The third-order valence-electron chi connectivity index (χ3n) is 5.20. The SMILES string of the molecule is CSc1ccc(NC(=S)NC2CCN(c3ccnc4ccc(Cl)cc34)CC2)cc1. The van der Waals surface area contributed by atoms with Crippen LogP contribution in [0.15, 0.2) is 59.6 Å². The van der Waals surface area contributed by atoms with Gasteiger partial charge in [0.25, 0.3) is 0 Å². The Bertz CT molecular complexity index is 1000. The summed E-state index contributed by atoms with van der Waals surface area (Å²) in [6, 6.07) is 16.6. The number of halogens is 1. The number of piperidine rings is 1. The zero-order valence-corrected chi connectivity index (χ0v) is 18.6. The summed E-state index contributed by atoms with van der Waals surface area (Å²) >= 11 is 13.5. The van der Waals surface area contributed by atoms with Crippen LogP contribution in [0.5, 0.6) is 0 Å². The van der Waals surface area contributed by atoms with Gasteiger partial charge in [0.2, 0.25) is 0 Å². The number of hydrogen-bond acceptors (Lipinski definition) is 4. The number of nitrogens with one attached hydrogen (secondary N) is 2. The number of nitrogens with zero attached hydrogens (tertiary/aromatic N) is 2. The Morgan fingerprint density at radius 1 is 1.14 bits per heavy atom. The first kappa shape index (κ1) is 20.3. The van der Waals surface area contributed by atoms with Gasteiger partial charge in [0.1, 0.15) is 0 Å². The van der Waals surface area contributed by atoms with E-state index in [0.717, 1.165) is 47.5 Å². The molecule has 0 bridgehead atoms. The highest BCUT2D eigenvalue weighted by atomic mass is 35.5. The number of hydrogen-bond donors (Lipinski definition) is 2. The molecule has 7 heteroatoms. The minimum atomic E-state index is 0.369. The van der Waals surface area contributed by atoms with Crippen LogP contribution in [0.1, 0.15) is 12.8 Å². The summed E-state index contributed by atoms with van der Waals surface area (Å²) in [5, 5.41) is 9.29. The lowest BCUT2D eigenvalue weighted by Crippen LogP contribution is -2.46. The molecule has 0 saturated carbocycles. The molecule has 2 heterocycles. The molecule has 0 aliphatic carbocycles. The molecule has 29 heavy (non-hydrogen) atoms. The Balaban J connectivity index is 1.35. The molecule has 0 radical (unpaired) electrons. The molecular weight excluding hydrogens is 420 g/mol. The van der Waals surface area contributed by atoms with Crippen molar-refractivity contribution in [1.29, 1.82) is 0 Å². The number of aromatic nitrogens is 1. The predicted molar refractivity (Wildman–Crippen MR) is 130 cm³/mol. The number of anilines is 2. The van der Waals surface area contributed by atoms with Crippen LogP contribution in [0.4, 0.5) is 11.4 Å². The second-order valence-corrected chi connectivity index (χ2v) is 8.80. The highest BCUT2D eigenvalue weighted by molar-refractivity contribution is 7.98. The van der Waals surface area contributed by atoms with Gasteiger partial charge >= 0.3 is 0 Å². The van der Waals surface area contributed by atoms with Gasteiger partial charge in [-0.2, -0.15) is 0 Å². The molecular formula is C22H23ClN4S2. The highest BCUT2D eigenvalue weighted by Crippen LogP contribution is 2.30. The zero-order chi connectivity index (χ0) is 20.2. The Kier molecular flexibility index (Phi) is 6.43. The summed E-state index contributed by atoms with van der Waals surface area (Å²) in [6.07, 6.45) is 6.00. The molecule has 2 aromatic carbocycles. The predicted octanol–water partition coefficient (Wildman–Crippen LogP) is 5.57. The average Bonchev–Trinajstić information content (AvgIpc) is 2.74. The number of thioether (sulfide) groups is 1. The topological polar surface area (TPSA) is 40.2 Å². The smallest absolute Gasteiger partial charge is 0.170 e. The van der Waals surface area contributed by atoms with Crippen LogP contribution in [0.25, 0.3) is 10.9 Å². The molecule has 0 spiro atoms. The molecule has 0 unspecified atom stereocenters. The van der Waals surface area contributed by atoms with Crippen molar-refractivity contribution >= 4 is 63.0 Å². The van der Waals surface area contributed by atoms with Crippen molar-refractivity contribution in [2.24, 2.45) is 0 Å². The second-order valence-electron chi connectivity index (χ2n) is 7.08. The molecule has 1 fully saturated rings. The Hall–Kier alpha value is -2.02. The molecule has 1 saturated heterocycles. The first-order valence-corrected chi connectivity index (χ1v) is 11.6. The third-order valence-corrected chi connectivity index (χ3v) is 6.40. The normalized spacial score (nSPS) is 14.8. The fourth-order valence-corrected chi connectivity index (χ4v) is 4.54. The van der Waals surface area contributed by atoms with E-state index in [-0.39, 0.29) is 0 Å².